The Balaban J connectivity index is 2.80. The zero-order chi connectivity index (χ0) is 12.6. The first-order chi connectivity index (χ1) is 8.04. The molecule has 0 radical (unpaired) electrons. The molecule has 0 aliphatic heterocycles. The van der Waals surface area contributed by atoms with Gasteiger partial charge in [0.05, 0.1) is 12.7 Å². The predicted molar refractivity (Wildman–Crippen MR) is 77.2 cm³/mol. The van der Waals surface area contributed by atoms with E-state index in [1.165, 1.54) is 0 Å². The van der Waals surface area contributed by atoms with Crippen LogP contribution in [0.15, 0.2) is 30.3 Å². The minimum Gasteiger partial charge on any atom is -0.205 e. The highest BCUT2D eigenvalue weighted by atomic mass is 127. The molecule has 0 fully saturated rings. The van der Waals surface area contributed by atoms with Gasteiger partial charge in [-0.15, -0.1) is 0 Å². The van der Waals surface area contributed by atoms with Gasteiger partial charge in [-0.1, -0.05) is 30.3 Å². The van der Waals surface area contributed by atoms with E-state index in [9.17, 15) is 13.2 Å². The molecule has 2 aromatic carbocycles. The van der Waals surface area contributed by atoms with Gasteiger partial charge in [-0.25, -0.2) is 13.2 Å². The van der Waals surface area contributed by atoms with Crippen molar-refractivity contribution >= 4 is 45.2 Å². The first-order valence-electron chi connectivity index (χ1n) is 4.61. The van der Waals surface area contributed by atoms with E-state index in [-0.39, 0.29) is 12.7 Å². The van der Waals surface area contributed by atoms with Gasteiger partial charge in [-0.2, -0.15) is 0 Å². The second kappa shape index (κ2) is 5.13. The van der Waals surface area contributed by atoms with Crippen LogP contribution in [0.4, 0.5) is 13.2 Å². The predicted octanol–water partition coefficient (Wildman–Crippen LogP) is 4.98. The van der Waals surface area contributed by atoms with E-state index in [2.05, 4.69) is 0 Å². The van der Waals surface area contributed by atoms with Crippen LogP contribution in [-0.2, 0) is 0 Å². The standard InChI is InChI=1S/C12H5F3I2/c13-8-7(6-4-2-1-3-5-6)9(14)12(17)10(15)11(8)16/h1-5H. The minimum absolute atomic E-state index is 0.180. The lowest BCUT2D eigenvalue weighted by atomic mass is 10.0. The Bertz CT molecular complexity index is 539. The second-order valence-electron chi connectivity index (χ2n) is 3.31. The van der Waals surface area contributed by atoms with Crippen LogP contribution in [0, 0.1) is 24.6 Å². The van der Waals surface area contributed by atoms with Gasteiger partial charge in [0.15, 0.2) is 5.82 Å². The van der Waals surface area contributed by atoms with E-state index >= 15 is 0 Å². The van der Waals surface area contributed by atoms with Crippen molar-refractivity contribution in [2.75, 3.05) is 0 Å². The zero-order valence-corrected chi connectivity index (χ0v) is 12.6. The normalized spacial score (nSPS) is 10.6. The summed E-state index contributed by atoms with van der Waals surface area (Å²) in [6.45, 7) is 0. The molecule has 0 aliphatic carbocycles. The van der Waals surface area contributed by atoms with Crippen LogP contribution >= 0.6 is 45.2 Å². The molecule has 0 nitrogen and oxygen atoms in total. The van der Waals surface area contributed by atoms with E-state index in [1.807, 2.05) is 0 Å². The van der Waals surface area contributed by atoms with Crippen LogP contribution in [0.3, 0.4) is 0 Å². The van der Waals surface area contributed by atoms with Crippen LogP contribution < -0.4 is 0 Å². The Morgan fingerprint density at radius 2 is 1.18 bits per heavy atom. The number of benzene rings is 2. The molecule has 0 saturated carbocycles. The van der Waals surface area contributed by atoms with E-state index in [1.54, 1.807) is 75.5 Å². The molecule has 2 rings (SSSR count). The van der Waals surface area contributed by atoms with Gasteiger partial charge in [-0.3, -0.25) is 0 Å². The van der Waals surface area contributed by atoms with E-state index in [0.29, 0.717) is 5.56 Å². The fourth-order valence-electron chi connectivity index (χ4n) is 1.46. The SMILES string of the molecule is Fc1c(I)c(F)c(-c2ccccc2)c(F)c1I. The van der Waals surface area contributed by atoms with Gasteiger partial charge in [0.1, 0.15) is 11.6 Å². The number of hydrogen-bond donors (Lipinski definition) is 0. The quantitative estimate of drug-likeness (QED) is 0.320. The Labute approximate surface area is 124 Å². The first-order valence-corrected chi connectivity index (χ1v) is 6.76. The topological polar surface area (TPSA) is 0 Å². The highest BCUT2D eigenvalue weighted by molar-refractivity contribution is 14.1. The molecular formula is C12H5F3I2. The van der Waals surface area contributed by atoms with Gasteiger partial charge >= 0.3 is 0 Å². The lowest BCUT2D eigenvalue weighted by Gasteiger charge is -2.10. The molecule has 5 heteroatoms. The molecule has 0 atom stereocenters. The van der Waals surface area contributed by atoms with Crippen LogP contribution in [-0.4, -0.2) is 0 Å². The molecule has 2 aromatic rings. The van der Waals surface area contributed by atoms with Gasteiger partial charge < -0.3 is 0 Å². The van der Waals surface area contributed by atoms with Crippen molar-refractivity contribution in [2.24, 2.45) is 0 Å². The average Bonchev–Trinajstić information content (AvgIpc) is 2.36. The van der Waals surface area contributed by atoms with Gasteiger partial charge in [0.2, 0.25) is 0 Å². The maximum absolute atomic E-state index is 13.9. The van der Waals surface area contributed by atoms with Crippen molar-refractivity contribution in [3.05, 3.63) is 54.9 Å². The van der Waals surface area contributed by atoms with Crippen molar-refractivity contribution < 1.29 is 13.2 Å². The zero-order valence-electron chi connectivity index (χ0n) is 8.28. The molecule has 0 saturated heterocycles. The van der Waals surface area contributed by atoms with Crippen LogP contribution in [0.25, 0.3) is 11.1 Å². The lowest BCUT2D eigenvalue weighted by Crippen LogP contribution is -2.02. The third-order valence-corrected chi connectivity index (χ3v) is 4.17. The highest BCUT2D eigenvalue weighted by Gasteiger charge is 2.22. The fraction of sp³-hybridized carbons (Fsp3) is 0. The first kappa shape index (κ1) is 13.1. The van der Waals surface area contributed by atoms with Crippen molar-refractivity contribution in [3.63, 3.8) is 0 Å². The minimum atomic E-state index is -0.854. The van der Waals surface area contributed by atoms with Crippen molar-refractivity contribution in [1.29, 1.82) is 0 Å². The summed E-state index contributed by atoms with van der Waals surface area (Å²) >= 11 is 3.08. The Kier molecular flexibility index (Phi) is 3.96. The Hall–Kier alpha value is -0.310. The third kappa shape index (κ3) is 2.31. The molecule has 0 amide bonds. The molecule has 0 bridgehead atoms. The summed E-state index contributed by atoms with van der Waals surface area (Å²) in [5.74, 6) is -2.56. The van der Waals surface area contributed by atoms with Crippen molar-refractivity contribution in [1.82, 2.24) is 0 Å². The third-order valence-electron chi connectivity index (χ3n) is 2.27. The molecule has 0 heterocycles. The van der Waals surface area contributed by atoms with Crippen LogP contribution in [0.5, 0.6) is 0 Å². The monoisotopic (exact) mass is 460 g/mol. The molecular weight excluding hydrogens is 455 g/mol. The van der Waals surface area contributed by atoms with Gasteiger partial charge in [0.25, 0.3) is 0 Å². The van der Waals surface area contributed by atoms with Gasteiger partial charge in [-0.05, 0) is 50.7 Å². The molecule has 0 aliphatic rings. The van der Waals surface area contributed by atoms with Crippen molar-refractivity contribution in [2.45, 2.75) is 0 Å². The summed E-state index contributed by atoms with van der Waals surface area (Å²) in [6, 6.07) is 8.28. The molecule has 0 N–H and O–H groups in total. The van der Waals surface area contributed by atoms with Crippen molar-refractivity contribution in [3.8, 4) is 11.1 Å². The second-order valence-corrected chi connectivity index (χ2v) is 5.47. The molecule has 0 unspecified atom stereocenters. The maximum Gasteiger partial charge on any atom is 0.155 e. The lowest BCUT2D eigenvalue weighted by molar-refractivity contribution is 0.529. The molecule has 0 aromatic heterocycles. The highest BCUT2D eigenvalue weighted by Crippen LogP contribution is 2.33. The average molecular weight is 460 g/mol. The van der Waals surface area contributed by atoms with E-state index < -0.39 is 17.5 Å². The largest absolute Gasteiger partial charge is 0.205 e. The summed E-state index contributed by atoms with van der Waals surface area (Å²) in [5.41, 5.74) is 0.221. The number of rotatable bonds is 1. The van der Waals surface area contributed by atoms with E-state index in [4.69, 9.17) is 0 Å². The van der Waals surface area contributed by atoms with E-state index in [0.717, 1.165) is 0 Å². The van der Waals surface area contributed by atoms with Gasteiger partial charge in [0, 0.05) is 0 Å². The molecule has 88 valence electrons. The number of hydrogen-bond acceptors (Lipinski definition) is 0. The summed E-state index contributed by atoms with van der Waals surface area (Å²) in [5, 5.41) is 0. The Morgan fingerprint density at radius 1 is 0.706 bits per heavy atom. The smallest absolute Gasteiger partial charge is 0.155 e. The Morgan fingerprint density at radius 3 is 1.65 bits per heavy atom. The van der Waals surface area contributed by atoms with Crippen LogP contribution in [0.1, 0.15) is 0 Å². The number of halogens is 5. The van der Waals surface area contributed by atoms with Crippen LogP contribution in [0.2, 0.25) is 0 Å². The summed E-state index contributed by atoms with van der Waals surface area (Å²) < 4.78 is 40.9. The fourth-order valence-corrected chi connectivity index (χ4v) is 3.06. The summed E-state index contributed by atoms with van der Waals surface area (Å²) in [4.78, 5) is 0. The summed E-state index contributed by atoms with van der Waals surface area (Å²) in [6.07, 6.45) is 0. The molecule has 17 heavy (non-hydrogen) atoms. The molecule has 0 spiro atoms. The summed E-state index contributed by atoms with van der Waals surface area (Å²) in [7, 11) is 0. The maximum atomic E-state index is 13.9.